The molecule has 56 heavy (non-hydrogen) atoms. The number of benzene rings is 5. The van der Waals surface area contributed by atoms with Crippen molar-refractivity contribution >= 4 is 46.4 Å². The number of imidazole rings is 1. The minimum Gasteiger partial charge on any atom is -0.486 e. The summed E-state index contributed by atoms with van der Waals surface area (Å²) in [6.45, 7) is 13.6. The van der Waals surface area contributed by atoms with Crippen LogP contribution in [0.25, 0.3) is 72.6 Å². The molecule has 0 aliphatic rings. The maximum atomic E-state index is 14.8. The molecule has 5 nitrogen and oxygen atoms in total. The summed E-state index contributed by atoms with van der Waals surface area (Å²) in [5.41, 5.74) is 9.31. The molecule has 4 aromatic heterocycles. The van der Waals surface area contributed by atoms with Crippen molar-refractivity contribution in [2.45, 2.75) is 45.8 Å². The van der Waals surface area contributed by atoms with Crippen molar-refractivity contribution in [3.8, 4) is 39.5 Å². The van der Waals surface area contributed by atoms with Gasteiger partial charge in [0.15, 0.2) is 0 Å². The molecule has 5 aromatic carbocycles. The second kappa shape index (κ2) is 15.5. The topological polar surface area (TPSA) is 56.7 Å². The van der Waals surface area contributed by atoms with E-state index in [1.54, 1.807) is 18.3 Å². The predicted molar refractivity (Wildman–Crippen MR) is 226 cm³/mol. The summed E-state index contributed by atoms with van der Waals surface area (Å²) in [7, 11) is -1.23. The number of hydrogen-bond acceptors (Lipinski definition) is 4. The van der Waals surface area contributed by atoms with Gasteiger partial charge >= 0.3 is 0 Å². The van der Waals surface area contributed by atoms with Gasteiger partial charge in [-0.25, -0.2) is 9.37 Å². The molecule has 1 radical (unpaired) electrons. The van der Waals surface area contributed by atoms with E-state index in [4.69, 9.17) is 9.40 Å². The van der Waals surface area contributed by atoms with Crippen LogP contribution in [0, 0.1) is 17.9 Å². The van der Waals surface area contributed by atoms with Gasteiger partial charge in [-0.05, 0) is 57.8 Å². The molecule has 0 unspecified atom stereocenters. The first kappa shape index (κ1) is 38.7. The quantitative estimate of drug-likeness (QED) is 0.127. The Kier molecular flexibility index (Phi) is 10.7. The molecule has 0 aliphatic carbocycles. The maximum Gasteiger partial charge on any atom is 0.216 e. The summed E-state index contributed by atoms with van der Waals surface area (Å²) in [6, 6.07) is 48.0. The number of pyridine rings is 2. The minimum absolute atomic E-state index is 0. The molecule has 0 bridgehead atoms. The third-order valence-corrected chi connectivity index (χ3v) is 11.8. The van der Waals surface area contributed by atoms with Gasteiger partial charge in [0, 0.05) is 43.4 Å². The van der Waals surface area contributed by atoms with Crippen LogP contribution < -0.4 is 5.19 Å². The average Bonchev–Trinajstić information content (AvgIpc) is 3.76. The van der Waals surface area contributed by atoms with E-state index in [0.717, 1.165) is 44.4 Å². The first-order chi connectivity index (χ1) is 26.5. The third kappa shape index (κ3) is 7.52. The second-order valence-corrected chi connectivity index (χ2v) is 20.8. The smallest absolute Gasteiger partial charge is 0.216 e. The fraction of sp³-hybridized carbons (Fsp3) is 0.146. The molecule has 4 heterocycles. The van der Waals surface area contributed by atoms with Gasteiger partial charge in [0.2, 0.25) is 5.71 Å². The van der Waals surface area contributed by atoms with Crippen LogP contribution in [0.4, 0.5) is 4.39 Å². The Balaban J connectivity index is 0.000000238. The first-order valence-corrected chi connectivity index (χ1v) is 22.0. The van der Waals surface area contributed by atoms with E-state index in [0.29, 0.717) is 33.7 Å². The van der Waals surface area contributed by atoms with Gasteiger partial charge in [-0.2, -0.15) is 0 Å². The fourth-order valence-corrected chi connectivity index (χ4v) is 8.01. The van der Waals surface area contributed by atoms with Gasteiger partial charge < -0.3 is 14.0 Å². The number of rotatable bonds is 5. The Morgan fingerprint density at radius 1 is 0.750 bits per heavy atom. The normalized spacial score (nSPS) is 11.7. The number of furan rings is 1. The number of fused-ring (bicyclic) bond motifs is 4. The summed E-state index contributed by atoms with van der Waals surface area (Å²) in [4.78, 5) is 14.0. The van der Waals surface area contributed by atoms with Crippen LogP contribution in [0.15, 0.2) is 144 Å². The molecule has 8 heteroatoms. The summed E-state index contributed by atoms with van der Waals surface area (Å²) >= 11 is 0. The van der Waals surface area contributed by atoms with Crippen LogP contribution in [-0.4, -0.2) is 27.6 Å². The fourth-order valence-electron chi connectivity index (χ4n) is 6.97. The van der Waals surface area contributed by atoms with Gasteiger partial charge in [-0.15, -0.1) is 54.1 Å². The average molecular weight is 929 g/mol. The molecule has 0 amide bonds. The largest absolute Gasteiger partial charge is 0.486 e. The molecule has 0 N–H and O–H groups in total. The molecule has 0 spiro atoms. The maximum absolute atomic E-state index is 14.8. The summed E-state index contributed by atoms with van der Waals surface area (Å²) in [5, 5.41) is 3.26. The molecule has 0 fully saturated rings. The van der Waals surface area contributed by atoms with E-state index < -0.39 is 8.07 Å². The van der Waals surface area contributed by atoms with Gasteiger partial charge in [-0.3, -0.25) is 4.98 Å². The van der Waals surface area contributed by atoms with Crippen molar-refractivity contribution in [2.24, 2.45) is 0 Å². The van der Waals surface area contributed by atoms with Gasteiger partial charge in [0.05, 0.1) is 36.2 Å². The first-order valence-electron chi connectivity index (χ1n) is 18.5. The molecule has 281 valence electrons. The van der Waals surface area contributed by atoms with Crippen molar-refractivity contribution in [3.05, 3.63) is 163 Å². The van der Waals surface area contributed by atoms with Gasteiger partial charge in [0.1, 0.15) is 5.82 Å². The zero-order valence-corrected chi connectivity index (χ0v) is 35.6. The molecule has 9 aromatic rings. The summed E-state index contributed by atoms with van der Waals surface area (Å²) in [6.07, 6.45) is 3.74. The van der Waals surface area contributed by atoms with E-state index in [1.165, 1.54) is 11.3 Å². The van der Waals surface area contributed by atoms with Gasteiger partial charge in [-0.1, -0.05) is 112 Å². The van der Waals surface area contributed by atoms with E-state index in [9.17, 15) is 4.39 Å². The number of nitrogens with zero attached hydrogens (tertiary/aromatic N) is 4. The zero-order chi connectivity index (χ0) is 38.3. The molecular formula is C48H41FIrN4OSi-2. The molecule has 9 rings (SSSR count). The van der Waals surface area contributed by atoms with Crippen molar-refractivity contribution < 1.29 is 28.9 Å². The minimum atomic E-state index is -1.23. The Morgan fingerprint density at radius 2 is 1.55 bits per heavy atom. The Labute approximate surface area is 341 Å². The Morgan fingerprint density at radius 3 is 2.27 bits per heavy atom. The van der Waals surface area contributed by atoms with Crippen molar-refractivity contribution in [1.29, 1.82) is 0 Å². The monoisotopic (exact) mass is 929 g/mol. The molecule has 0 saturated heterocycles. The Bertz CT molecular complexity index is 2780. The molecular weight excluding hydrogens is 888 g/mol. The number of aromatic nitrogens is 4. The van der Waals surface area contributed by atoms with E-state index in [2.05, 4.69) is 110 Å². The van der Waals surface area contributed by atoms with E-state index in [1.807, 2.05) is 72.9 Å². The third-order valence-electron chi connectivity index (χ3n) is 9.82. The summed E-state index contributed by atoms with van der Waals surface area (Å²) in [5.74, 6) is 0.314. The van der Waals surface area contributed by atoms with Crippen LogP contribution in [0.3, 0.4) is 0 Å². The van der Waals surface area contributed by atoms with Gasteiger partial charge in [0.25, 0.3) is 0 Å². The molecule has 0 aliphatic heterocycles. The summed E-state index contributed by atoms with van der Waals surface area (Å²) < 4.78 is 23.2. The van der Waals surface area contributed by atoms with Crippen molar-refractivity contribution in [2.75, 3.05) is 0 Å². The van der Waals surface area contributed by atoms with Crippen LogP contribution >= 0.6 is 0 Å². The predicted octanol–water partition coefficient (Wildman–Crippen LogP) is 12.0. The van der Waals surface area contributed by atoms with Crippen LogP contribution in [0.1, 0.15) is 26.3 Å². The standard InChI is InChI=1S/C34H25FN3O.C14H16NSi.Ir/c1-34(2,3)27-16-8-12-23(21-10-5-4-6-11-21)30(27)38-29-20-22(35)17-18-28(29)37-32(38)26-14-7-13-24-25-15-9-19-36-33(25)39-31(24)26;1-16(2,3)13-9-10-14(15-11-13)12-7-5-4-6-8-12;/h4-13,15-20H,1-3H3;4-7,9-11H,1-3H3;/q2*-1;. The number of halogens is 1. The van der Waals surface area contributed by atoms with Crippen molar-refractivity contribution in [1.82, 2.24) is 19.5 Å². The van der Waals surface area contributed by atoms with Crippen LogP contribution in [-0.2, 0) is 25.5 Å². The van der Waals surface area contributed by atoms with Crippen LogP contribution in [0.2, 0.25) is 19.6 Å². The molecule has 0 atom stereocenters. The van der Waals surface area contributed by atoms with Crippen LogP contribution in [0.5, 0.6) is 0 Å². The Hall–Kier alpha value is -5.53. The zero-order valence-electron chi connectivity index (χ0n) is 32.2. The van der Waals surface area contributed by atoms with E-state index in [-0.39, 0.29) is 31.3 Å². The van der Waals surface area contributed by atoms with Crippen molar-refractivity contribution in [3.63, 3.8) is 0 Å². The SMILES string of the molecule is CC(C)(C)c1cccc(-c2ccccc2)c1-n1c(-c2[c-]ccc3c2oc2ncccc23)nc2ccc(F)cc21.C[Si](C)(C)c1ccc(-c2[c-]cccc2)nc1.[Ir]. The second-order valence-electron chi connectivity index (χ2n) is 15.7. The van der Waals surface area contributed by atoms with E-state index >= 15 is 0 Å². The number of hydrogen-bond donors (Lipinski definition) is 0. The molecule has 0 saturated carbocycles. The number of para-hydroxylation sites is 1.